The lowest BCUT2D eigenvalue weighted by Crippen LogP contribution is -2.29. The summed E-state index contributed by atoms with van der Waals surface area (Å²) in [5.74, 6) is 0. The number of nitrogens with one attached hydrogen (secondary N) is 2. The molecule has 4 N–H and O–H groups in total. The molecule has 0 saturated carbocycles. The van der Waals surface area contributed by atoms with Crippen LogP contribution in [0.3, 0.4) is 0 Å². The van der Waals surface area contributed by atoms with Crippen LogP contribution >= 0.6 is 0 Å². The summed E-state index contributed by atoms with van der Waals surface area (Å²) in [6, 6.07) is 14.2. The number of hydrogen-bond acceptors (Lipinski definition) is 4. The second kappa shape index (κ2) is 8.26. The fourth-order valence-electron chi connectivity index (χ4n) is 3.63. The maximum atomic E-state index is 9.22. The first-order valence-corrected chi connectivity index (χ1v) is 9.58. The van der Waals surface area contributed by atoms with Crippen molar-refractivity contribution < 1.29 is 0 Å². The minimum Gasteiger partial charge on any atom is -0.398 e. The molecule has 0 radical (unpaired) electrons. The van der Waals surface area contributed by atoms with Gasteiger partial charge >= 0.3 is 0 Å². The van der Waals surface area contributed by atoms with Gasteiger partial charge in [0.25, 0.3) is 0 Å². The van der Waals surface area contributed by atoms with Gasteiger partial charge in [0.2, 0.25) is 0 Å². The molecule has 1 atom stereocenters. The van der Waals surface area contributed by atoms with Gasteiger partial charge < -0.3 is 16.5 Å². The SMILES string of the molecule is CC.CC(=N)c1cc(NC2CCC(C)(C)c3cc(C#N)ccc32)ccc1N. The molecule has 0 saturated heterocycles. The zero-order valence-electron chi connectivity index (χ0n) is 17.0. The highest BCUT2D eigenvalue weighted by molar-refractivity contribution is 6.01. The summed E-state index contributed by atoms with van der Waals surface area (Å²) in [7, 11) is 0. The van der Waals surface area contributed by atoms with E-state index >= 15 is 0 Å². The van der Waals surface area contributed by atoms with Crippen LogP contribution in [0.25, 0.3) is 0 Å². The van der Waals surface area contributed by atoms with Crippen LogP contribution in [0.5, 0.6) is 0 Å². The summed E-state index contributed by atoms with van der Waals surface area (Å²) >= 11 is 0. The molecule has 0 heterocycles. The lowest BCUT2D eigenvalue weighted by Gasteiger charge is -2.38. The smallest absolute Gasteiger partial charge is 0.0991 e. The van der Waals surface area contributed by atoms with E-state index in [9.17, 15) is 5.26 Å². The molecule has 3 rings (SSSR count). The topological polar surface area (TPSA) is 85.7 Å². The average molecular weight is 363 g/mol. The normalized spacial score (nSPS) is 17.0. The molecule has 0 bridgehead atoms. The molecule has 0 fully saturated rings. The third-order valence-electron chi connectivity index (χ3n) is 5.14. The van der Waals surface area contributed by atoms with E-state index in [1.165, 1.54) is 11.1 Å². The van der Waals surface area contributed by atoms with E-state index in [0.717, 1.165) is 24.1 Å². The molecule has 27 heavy (non-hydrogen) atoms. The number of nitriles is 1. The monoisotopic (exact) mass is 362 g/mol. The summed E-state index contributed by atoms with van der Waals surface area (Å²) in [6.07, 6.45) is 2.08. The van der Waals surface area contributed by atoms with Crippen LogP contribution in [0.2, 0.25) is 0 Å². The van der Waals surface area contributed by atoms with Gasteiger partial charge in [-0.3, -0.25) is 0 Å². The fraction of sp³-hybridized carbons (Fsp3) is 0.391. The van der Waals surface area contributed by atoms with Crippen molar-refractivity contribution in [2.45, 2.75) is 58.9 Å². The molecular weight excluding hydrogens is 332 g/mol. The molecule has 142 valence electrons. The van der Waals surface area contributed by atoms with Crippen molar-refractivity contribution in [3.8, 4) is 6.07 Å². The molecular formula is C23H30N4. The van der Waals surface area contributed by atoms with Gasteiger partial charge in [0.1, 0.15) is 0 Å². The van der Waals surface area contributed by atoms with Gasteiger partial charge in [-0.2, -0.15) is 5.26 Å². The molecule has 0 aliphatic heterocycles. The first-order chi connectivity index (χ1) is 12.8. The summed E-state index contributed by atoms with van der Waals surface area (Å²) < 4.78 is 0. The van der Waals surface area contributed by atoms with Crippen molar-refractivity contribution in [3.63, 3.8) is 0 Å². The highest BCUT2D eigenvalue weighted by Gasteiger charge is 2.32. The lowest BCUT2D eigenvalue weighted by atomic mass is 9.70. The van der Waals surface area contributed by atoms with Crippen LogP contribution in [0.1, 0.15) is 75.8 Å². The Morgan fingerprint density at radius 2 is 1.93 bits per heavy atom. The highest BCUT2D eigenvalue weighted by Crippen LogP contribution is 2.43. The number of nitrogens with two attached hydrogens (primary N) is 1. The van der Waals surface area contributed by atoms with Crippen LogP contribution in [0, 0.1) is 16.7 Å². The van der Waals surface area contributed by atoms with Crippen LogP contribution < -0.4 is 11.1 Å². The number of nitrogens with zero attached hydrogens (tertiary/aromatic N) is 1. The molecule has 2 aromatic carbocycles. The fourth-order valence-corrected chi connectivity index (χ4v) is 3.63. The largest absolute Gasteiger partial charge is 0.398 e. The van der Waals surface area contributed by atoms with E-state index in [0.29, 0.717) is 17.0 Å². The summed E-state index contributed by atoms with van der Waals surface area (Å²) in [5, 5.41) is 20.7. The van der Waals surface area contributed by atoms with E-state index in [4.69, 9.17) is 11.1 Å². The predicted molar refractivity (Wildman–Crippen MR) is 114 cm³/mol. The second-order valence-electron chi connectivity index (χ2n) is 7.46. The summed E-state index contributed by atoms with van der Waals surface area (Å²) in [6.45, 7) is 10.2. The lowest BCUT2D eigenvalue weighted by molar-refractivity contribution is 0.406. The van der Waals surface area contributed by atoms with E-state index in [1.807, 2.05) is 44.2 Å². The predicted octanol–water partition coefficient (Wildman–Crippen LogP) is 5.78. The number of hydrogen-bond donors (Lipinski definition) is 3. The minimum absolute atomic E-state index is 0.0677. The van der Waals surface area contributed by atoms with E-state index < -0.39 is 0 Å². The molecule has 2 aromatic rings. The number of nitrogen functional groups attached to an aromatic ring is 1. The average Bonchev–Trinajstić information content (AvgIpc) is 2.66. The molecule has 0 amide bonds. The van der Waals surface area contributed by atoms with Gasteiger partial charge in [-0.15, -0.1) is 0 Å². The summed E-state index contributed by atoms with van der Waals surface area (Å²) in [5.41, 5.74) is 12.1. The third kappa shape index (κ3) is 4.31. The van der Waals surface area contributed by atoms with Crippen molar-refractivity contribution in [1.29, 1.82) is 10.7 Å². The second-order valence-corrected chi connectivity index (χ2v) is 7.46. The van der Waals surface area contributed by atoms with Crippen molar-refractivity contribution in [1.82, 2.24) is 0 Å². The van der Waals surface area contributed by atoms with Gasteiger partial charge in [-0.1, -0.05) is 33.8 Å². The van der Waals surface area contributed by atoms with Crippen molar-refractivity contribution in [2.24, 2.45) is 0 Å². The first kappa shape index (κ1) is 20.5. The number of rotatable bonds is 3. The molecule has 1 unspecified atom stereocenters. The van der Waals surface area contributed by atoms with Gasteiger partial charge in [0, 0.05) is 22.6 Å². The van der Waals surface area contributed by atoms with Gasteiger partial charge in [0.15, 0.2) is 0 Å². The van der Waals surface area contributed by atoms with Crippen LogP contribution in [0.15, 0.2) is 36.4 Å². The quantitative estimate of drug-likeness (QED) is 0.478. The Bertz CT molecular complexity index is 874. The Kier molecular flexibility index (Phi) is 6.28. The van der Waals surface area contributed by atoms with Gasteiger partial charge in [-0.05, 0) is 66.6 Å². The highest BCUT2D eigenvalue weighted by atomic mass is 14.9. The maximum absolute atomic E-state index is 9.22. The molecule has 4 heteroatoms. The Hall–Kier alpha value is -2.80. The van der Waals surface area contributed by atoms with Crippen LogP contribution in [-0.2, 0) is 5.41 Å². The number of anilines is 2. The van der Waals surface area contributed by atoms with E-state index in [1.54, 1.807) is 6.92 Å². The Labute approximate surface area is 162 Å². The zero-order chi connectivity index (χ0) is 20.2. The minimum atomic E-state index is 0.0677. The van der Waals surface area contributed by atoms with E-state index in [-0.39, 0.29) is 11.5 Å². The Morgan fingerprint density at radius 1 is 1.22 bits per heavy atom. The van der Waals surface area contributed by atoms with E-state index in [2.05, 4.69) is 31.3 Å². The van der Waals surface area contributed by atoms with Gasteiger partial charge in [-0.25, -0.2) is 0 Å². The van der Waals surface area contributed by atoms with Crippen molar-refractivity contribution in [3.05, 3.63) is 58.7 Å². The first-order valence-electron chi connectivity index (χ1n) is 9.58. The Balaban J connectivity index is 0.00000126. The number of fused-ring (bicyclic) bond motifs is 1. The summed E-state index contributed by atoms with van der Waals surface area (Å²) in [4.78, 5) is 0. The van der Waals surface area contributed by atoms with Gasteiger partial charge in [0.05, 0.1) is 17.7 Å². The van der Waals surface area contributed by atoms with Crippen LogP contribution in [0.4, 0.5) is 11.4 Å². The van der Waals surface area contributed by atoms with Crippen molar-refractivity contribution in [2.75, 3.05) is 11.1 Å². The standard InChI is InChI=1S/C21H24N4.C2H6/c1-13(23)17-11-15(5-7-19(17)24)25-20-8-9-21(2,3)18-10-14(12-22)4-6-16(18)20;1-2/h4-7,10-11,20,23,25H,8-9,24H2,1-3H3;1-2H3. The molecule has 1 aliphatic rings. The maximum Gasteiger partial charge on any atom is 0.0991 e. The zero-order valence-corrected chi connectivity index (χ0v) is 17.0. The molecule has 0 aromatic heterocycles. The van der Waals surface area contributed by atoms with Crippen LogP contribution in [-0.4, -0.2) is 5.71 Å². The van der Waals surface area contributed by atoms with Crippen molar-refractivity contribution >= 4 is 17.1 Å². The molecule has 0 spiro atoms. The third-order valence-corrected chi connectivity index (χ3v) is 5.14. The molecule has 1 aliphatic carbocycles. The Morgan fingerprint density at radius 3 is 2.56 bits per heavy atom. The number of benzene rings is 2. The molecule has 4 nitrogen and oxygen atoms in total.